The summed E-state index contributed by atoms with van der Waals surface area (Å²) in [6, 6.07) is 13.8. The number of benzene rings is 2. The molecule has 1 fully saturated rings. The molecule has 0 bridgehead atoms. The maximum atomic E-state index is 12.9. The van der Waals surface area contributed by atoms with Gasteiger partial charge in [-0.3, -0.25) is 9.59 Å². The predicted molar refractivity (Wildman–Crippen MR) is 120 cm³/mol. The number of carbonyl (C=O) groups is 1. The third-order valence-corrected chi connectivity index (χ3v) is 7.48. The zero-order valence-electron chi connectivity index (χ0n) is 17.3. The summed E-state index contributed by atoms with van der Waals surface area (Å²) < 4.78 is 27.3. The van der Waals surface area contributed by atoms with E-state index in [2.05, 4.69) is 10.3 Å². The molecule has 1 aliphatic rings. The minimum atomic E-state index is -3.63. The summed E-state index contributed by atoms with van der Waals surface area (Å²) in [6.45, 7) is 3.42. The fraction of sp³-hybridized carbons (Fsp3) is 0.304. The highest BCUT2D eigenvalue weighted by Crippen LogP contribution is 2.25. The molecule has 4 rings (SSSR count). The number of pyridine rings is 1. The van der Waals surface area contributed by atoms with Gasteiger partial charge >= 0.3 is 0 Å². The predicted octanol–water partition coefficient (Wildman–Crippen LogP) is 2.59. The molecule has 162 valence electrons. The van der Waals surface area contributed by atoms with Crippen LogP contribution in [0.5, 0.6) is 0 Å². The molecule has 8 heteroatoms. The normalized spacial score (nSPS) is 14.7. The minimum absolute atomic E-state index is 0.127. The van der Waals surface area contributed by atoms with E-state index in [1.807, 2.05) is 31.2 Å². The Morgan fingerprint density at radius 2 is 1.77 bits per heavy atom. The summed E-state index contributed by atoms with van der Waals surface area (Å²) >= 11 is 0. The Balaban J connectivity index is 1.60. The summed E-state index contributed by atoms with van der Waals surface area (Å²) in [5.74, 6) is -0.404. The first kappa shape index (κ1) is 21.3. The summed E-state index contributed by atoms with van der Waals surface area (Å²) in [5, 5.41) is 3.25. The molecule has 3 aromatic rings. The van der Waals surface area contributed by atoms with E-state index in [1.165, 1.54) is 28.1 Å². The number of H-pyrrole nitrogens is 1. The van der Waals surface area contributed by atoms with Crippen molar-refractivity contribution >= 4 is 26.8 Å². The first-order valence-corrected chi connectivity index (χ1v) is 11.8. The number of amides is 1. The Labute approximate surface area is 181 Å². The Morgan fingerprint density at radius 3 is 2.48 bits per heavy atom. The van der Waals surface area contributed by atoms with Crippen LogP contribution < -0.4 is 10.9 Å². The molecule has 0 unspecified atom stereocenters. The van der Waals surface area contributed by atoms with Crippen LogP contribution in [0, 0.1) is 6.92 Å². The zero-order valence-corrected chi connectivity index (χ0v) is 18.2. The Bertz CT molecular complexity index is 1270. The number of nitrogens with one attached hydrogen (secondary N) is 2. The van der Waals surface area contributed by atoms with Crippen molar-refractivity contribution in [3.63, 3.8) is 0 Å². The number of aryl methyl sites for hydroxylation is 1. The highest BCUT2D eigenvalue weighted by atomic mass is 32.2. The average Bonchev–Trinajstić information content (AvgIpc) is 3.30. The first-order chi connectivity index (χ1) is 14.8. The maximum absolute atomic E-state index is 12.9. The second-order valence-electron chi connectivity index (χ2n) is 7.86. The van der Waals surface area contributed by atoms with Gasteiger partial charge in [0, 0.05) is 36.6 Å². The second kappa shape index (κ2) is 8.64. The van der Waals surface area contributed by atoms with Gasteiger partial charge in [-0.15, -0.1) is 0 Å². The van der Waals surface area contributed by atoms with E-state index in [1.54, 1.807) is 6.07 Å². The Hall–Kier alpha value is -2.97. The van der Waals surface area contributed by atoms with E-state index in [-0.39, 0.29) is 10.5 Å². The van der Waals surface area contributed by atoms with Crippen molar-refractivity contribution in [3.05, 3.63) is 75.6 Å². The van der Waals surface area contributed by atoms with Crippen LogP contribution in [-0.2, 0) is 16.4 Å². The lowest BCUT2D eigenvalue weighted by Crippen LogP contribution is -2.28. The van der Waals surface area contributed by atoms with Gasteiger partial charge in [0.25, 0.3) is 5.91 Å². The number of rotatable bonds is 6. The number of aromatic amines is 1. The number of hydrogen-bond acceptors (Lipinski definition) is 4. The van der Waals surface area contributed by atoms with Crippen LogP contribution in [0.4, 0.5) is 0 Å². The standard InChI is InChI=1S/C23H25N3O4S/c1-16-4-6-17(7-5-16)10-11-24-23(28)20-15-22(27)25-21-9-8-18(14-19(20)21)31(29,30)26-12-2-3-13-26/h4-9,14-15H,2-3,10-13H2,1H3,(H,24,28)(H,25,27). The number of aromatic nitrogens is 1. The SMILES string of the molecule is Cc1ccc(CCNC(=O)c2cc(=O)[nH]c3ccc(S(=O)(=O)N4CCCC4)cc23)cc1. The highest BCUT2D eigenvalue weighted by Gasteiger charge is 2.27. The van der Waals surface area contributed by atoms with Gasteiger partial charge in [-0.1, -0.05) is 29.8 Å². The topological polar surface area (TPSA) is 99.3 Å². The van der Waals surface area contributed by atoms with Crippen LogP contribution in [0.25, 0.3) is 10.9 Å². The minimum Gasteiger partial charge on any atom is -0.352 e. The van der Waals surface area contributed by atoms with Crippen LogP contribution in [0.1, 0.15) is 34.3 Å². The number of carbonyl (C=O) groups excluding carboxylic acids is 1. The van der Waals surface area contributed by atoms with Crippen LogP contribution >= 0.6 is 0 Å². The van der Waals surface area contributed by atoms with E-state index in [4.69, 9.17) is 0 Å². The van der Waals surface area contributed by atoms with Gasteiger partial charge in [-0.25, -0.2) is 8.42 Å². The summed E-state index contributed by atoms with van der Waals surface area (Å²) in [4.78, 5) is 27.7. The highest BCUT2D eigenvalue weighted by molar-refractivity contribution is 7.89. The average molecular weight is 440 g/mol. The molecule has 0 spiro atoms. The van der Waals surface area contributed by atoms with Gasteiger partial charge in [-0.05, 0) is 49.9 Å². The monoisotopic (exact) mass is 439 g/mol. The molecule has 0 radical (unpaired) electrons. The molecule has 1 aromatic heterocycles. The van der Waals surface area contributed by atoms with Crippen molar-refractivity contribution in [2.45, 2.75) is 31.1 Å². The van der Waals surface area contributed by atoms with Crippen LogP contribution in [0.15, 0.2) is 58.2 Å². The van der Waals surface area contributed by atoms with Gasteiger partial charge in [-0.2, -0.15) is 4.31 Å². The number of nitrogens with zero attached hydrogens (tertiary/aromatic N) is 1. The van der Waals surface area contributed by atoms with Crippen LogP contribution in [0.2, 0.25) is 0 Å². The lowest BCUT2D eigenvalue weighted by molar-refractivity contribution is 0.0955. The van der Waals surface area contributed by atoms with Gasteiger partial charge in [0.15, 0.2) is 0 Å². The van der Waals surface area contributed by atoms with Gasteiger partial charge in [0.2, 0.25) is 15.6 Å². The molecule has 0 aliphatic carbocycles. The molecule has 2 heterocycles. The fourth-order valence-corrected chi connectivity index (χ4v) is 5.37. The van der Waals surface area contributed by atoms with Crippen molar-refractivity contribution in [1.29, 1.82) is 0 Å². The molecule has 1 aliphatic heterocycles. The number of fused-ring (bicyclic) bond motifs is 1. The van der Waals surface area contributed by atoms with Gasteiger partial charge in [0.1, 0.15) is 0 Å². The number of sulfonamides is 1. The molecule has 7 nitrogen and oxygen atoms in total. The number of hydrogen-bond donors (Lipinski definition) is 2. The molecule has 2 aromatic carbocycles. The smallest absolute Gasteiger partial charge is 0.252 e. The van der Waals surface area contributed by atoms with E-state index in [0.717, 1.165) is 18.4 Å². The molecular weight excluding hydrogens is 414 g/mol. The molecule has 0 saturated carbocycles. The summed E-state index contributed by atoms with van der Waals surface area (Å²) in [6.07, 6.45) is 2.34. The third-order valence-electron chi connectivity index (χ3n) is 5.58. The van der Waals surface area contributed by atoms with E-state index < -0.39 is 21.5 Å². The molecular formula is C23H25N3O4S. The fourth-order valence-electron chi connectivity index (χ4n) is 3.83. The Kier molecular flexibility index (Phi) is 5.93. The van der Waals surface area contributed by atoms with Gasteiger partial charge in [0.05, 0.1) is 10.5 Å². The molecule has 1 amide bonds. The van der Waals surface area contributed by atoms with E-state index in [9.17, 15) is 18.0 Å². The largest absolute Gasteiger partial charge is 0.352 e. The van der Waals surface area contributed by atoms with Crippen molar-refractivity contribution in [1.82, 2.24) is 14.6 Å². The van der Waals surface area contributed by atoms with E-state index in [0.29, 0.717) is 37.0 Å². The lowest BCUT2D eigenvalue weighted by Gasteiger charge is -2.16. The summed E-state index contributed by atoms with van der Waals surface area (Å²) in [5.41, 5.74) is 2.45. The lowest BCUT2D eigenvalue weighted by atomic mass is 10.1. The molecule has 31 heavy (non-hydrogen) atoms. The van der Waals surface area contributed by atoms with Crippen molar-refractivity contribution < 1.29 is 13.2 Å². The third kappa shape index (κ3) is 4.55. The zero-order chi connectivity index (χ0) is 22.0. The van der Waals surface area contributed by atoms with Crippen LogP contribution in [0.3, 0.4) is 0 Å². The molecule has 1 saturated heterocycles. The van der Waals surface area contributed by atoms with Crippen molar-refractivity contribution in [2.75, 3.05) is 19.6 Å². The maximum Gasteiger partial charge on any atom is 0.252 e. The Morgan fingerprint density at radius 1 is 1.06 bits per heavy atom. The van der Waals surface area contributed by atoms with Crippen LogP contribution in [-0.4, -0.2) is 43.2 Å². The first-order valence-electron chi connectivity index (χ1n) is 10.4. The summed E-state index contributed by atoms with van der Waals surface area (Å²) in [7, 11) is -3.63. The quantitative estimate of drug-likeness (QED) is 0.617. The van der Waals surface area contributed by atoms with Gasteiger partial charge < -0.3 is 10.3 Å². The van der Waals surface area contributed by atoms with Crippen molar-refractivity contribution in [2.24, 2.45) is 0 Å². The van der Waals surface area contributed by atoms with Crippen molar-refractivity contribution in [3.8, 4) is 0 Å². The molecule has 0 atom stereocenters. The van der Waals surface area contributed by atoms with E-state index >= 15 is 0 Å². The molecule has 2 N–H and O–H groups in total. The second-order valence-corrected chi connectivity index (χ2v) is 9.80.